The Hall–Kier alpha value is -0.950. The fraction of sp³-hybridized carbons (Fsp3) is 0.571. The maximum absolute atomic E-state index is 12.1. The zero-order valence-electron chi connectivity index (χ0n) is 12.3. The van der Waals surface area contributed by atoms with Gasteiger partial charge in [0.1, 0.15) is 0 Å². The molecule has 0 unspecified atom stereocenters. The van der Waals surface area contributed by atoms with Crippen molar-refractivity contribution in [3.8, 4) is 0 Å². The average molecular weight is 329 g/mol. The van der Waals surface area contributed by atoms with Gasteiger partial charge in [-0.2, -0.15) is 0 Å². The summed E-state index contributed by atoms with van der Waals surface area (Å²) in [5.41, 5.74) is 1.89. The number of aromatic nitrogens is 2. The summed E-state index contributed by atoms with van der Waals surface area (Å²) in [6.07, 6.45) is 2.33. The Bertz CT molecular complexity index is 661. The van der Waals surface area contributed by atoms with Gasteiger partial charge in [-0.25, -0.2) is 4.98 Å². The topological polar surface area (TPSA) is 49.6 Å². The summed E-state index contributed by atoms with van der Waals surface area (Å²) in [5.74, 6) is 0. The Morgan fingerprint density at radius 2 is 2.14 bits per heavy atom. The van der Waals surface area contributed by atoms with Gasteiger partial charge in [0.15, 0.2) is 4.96 Å². The molecule has 21 heavy (non-hydrogen) atoms. The van der Waals surface area contributed by atoms with E-state index < -0.39 is 0 Å². The number of likely N-dealkylation sites (tertiary alicyclic amines) is 1. The van der Waals surface area contributed by atoms with E-state index >= 15 is 0 Å². The van der Waals surface area contributed by atoms with Crippen molar-refractivity contribution in [1.29, 1.82) is 0 Å². The molecule has 2 aromatic rings. The van der Waals surface area contributed by atoms with Crippen LogP contribution in [-0.4, -0.2) is 40.5 Å². The van der Waals surface area contributed by atoms with Gasteiger partial charge in [0.05, 0.1) is 5.69 Å². The molecule has 116 valence electrons. The third kappa shape index (κ3) is 3.45. The minimum absolute atomic E-state index is 0. The zero-order valence-corrected chi connectivity index (χ0v) is 14.0. The number of piperidine rings is 1. The van der Waals surface area contributed by atoms with Gasteiger partial charge >= 0.3 is 0 Å². The molecule has 0 bridgehead atoms. The lowest BCUT2D eigenvalue weighted by atomic mass is 10.1. The van der Waals surface area contributed by atoms with Crippen LogP contribution in [0.4, 0.5) is 0 Å². The quantitative estimate of drug-likeness (QED) is 0.931. The van der Waals surface area contributed by atoms with Crippen LogP contribution >= 0.6 is 23.7 Å². The predicted molar refractivity (Wildman–Crippen MR) is 88.7 cm³/mol. The highest BCUT2D eigenvalue weighted by Crippen LogP contribution is 2.15. The minimum atomic E-state index is 0. The molecule has 0 radical (unpaired) electrons. The number of halogens is 1. The van der Waals surface area contributed by atoms with Crippen molar-refractivity contribution in [3.63, 3.8) is 0 Å². The summed E-state index contributed by atoms with van der Waals surface area (Å²) in [7, 11) is 2.02. The van der Waals surface area contributed by atoms with E-state index in [2.05, 4.69) is 15.2 Å². The Kier molecular flexibility index (Phi) is 5.37. The van der Waals surface area contributed by atoms with Crippen LogP contribution in [0.25, 0.3) is 4.96 Å². The number of nitrogens with one attached hydrogen (secondary N) is 1. The molecule has 0 spiro atoms. The van der Waals surface area contributed by atoms with E-state index in [0.29, 0.717) is 6.04 Å². The molecule has 7 heteroatoms. The SMILES string of the molecule is CNC1CCN(Cc2cc(=O)n3c(C)csc3n2)CC1.Cl. The first kappa shape index (κ1) is 16.4. The number of aryl methyl sites for hydroxylation is 1. The van der Waals surface area contributed by atoms with Gasteiger partial charge in [-0.1, -0.05) is 0 Å². The normalized spacial score (nSPS) is 17.0. The summed E-state index contributed by atoms with van der Waals surface area (Å²) in [6.45, 7) is 4.85. The molecule has 2 aromatic heterocycles. The Morgan fingerprint density at radius 3 is 2.81 bits per heavy atom. The number of nitrogens with zero attached hydrogens (tertiary/aromatic N) is 3. The molecule has 0 aromatic carbocycles. The lowest BCUT2D eigenvalue weighted by molar-refractivity contribution is 0.192. The Balaban J connectivity index is 0.00000161. The lowest BCUT2D eigenvalue weighted by Crippen LogP contribution is -2.41. The molecular formula is C14H21ClN4OS. The number of hydrogen-bond acceptors (Lipinski definition) is 5. The predicted octanol–water partition coefficient (Wildman–Crippen LogP) is 1.67. The molecule has 1 N–H and O–H groups in total. The smallest absolute Gasteiger partial charge is 0.259 e. The first-order valence-corrected chi connectivity index (χ1v) is 7.92. The van der Waals surface area contributed by atoms with Crippen LogP contribution in [0.15, 0.2) is 16.2 Å². The van der Waals surface area contributed by atoms with E-state index in [-0.39, 0.29) is 18.0 Å². The molecule has 0 atom stereocenters. The van der Waals surface area contributed by atoms with Crippen LogP contribution in [0, 0.1) is 6.92 Å². The van der Waals surface area contributed by atoms with Crippen molar-refractivity contribution in [2.75, 3.05) is 20.1 Å². The minimum Gasteiger partial charge on any atom is -0.317 e. The molecular weight excluding hydrogens is 308 g/mol. The summed E-state index contributed by atoms with van der Waals surface area (Å²) >= 11 is 1.53. The van der Waals surface area contributed by atoms with E-state index in [4.69, 9.17) is 0 Å². The highest BCUT2D eigenvalue weighted by Gasteiger charge is 2.18. The number of rotatable bonds is 3. The zero-order chi connectivity index (χ0) is 14.1. The lowest BCUT2D eigenvalue weighted by Gasteiger charge is -2.31. The van der Waals surface area contributed by atoms with E-state index in [0.717, 1.165) is 48.8 Å². The van der Waals surface area contributed by atoms with Crippen molar-refractivity contribution in [1.82, 2.24) is 19.6 Å². The maximum atomic E-state index is 12.1. The number of fused-ring (bicyclic) bond motifs is 1. The third-order valence-corrected chi connectivity index (χ3v) is 4.95. The van der Waals surface area contributed by atoms with Gasteiger partial charge in [-0.15, -0.1) is 23.7 Å². The second kappa shape index (κ2) is 6.87. The van der Waals surface area contributed by atoms with Gasteiger partial charge in [0, 0.05) is 42.8 Å². The highest BCUT2D eigenvalue weighted by molar-refractivity contribution is 7.15. The average Bonchev–Trinajstić information content (AvgIpc) is 2.81. The van der Waals surface area contributed by atoms with Crippen molar-refractivity contribution >= 4 is 28.7 Å². The molecule has 1 aliphatic rings. The third-order valence-electron chi connectivity index (χ3n) is 4.01. The van der Waals surface area contributed by atoms with Crippen molar-refractivity contribution < 1.29 is 0 Å². The van der Waals surface area contributed by atoms with Gasteiger partial charge in [0.25, 0.3) is 5.56 Å². The first-order chi connectivity index (χ1) is 9.67. The molecule has 0 amide bonds. The van der Waals surface area contributed by atoms with Crippen LogP contribution in [0.3, 0.4) is 0 Å². The van der Waals surface area contributed by atoms with E-state index in [1.54, 1.807) is 10.5 Å². The highest BCUT2D eigenvalue weighted by atomic mass is 35.5. The van der Waals surface area contributed by atoms with Crippen LogP contribution in [-0.2, 0) is 6.54 Å². The fourth-order valence-corrected chi connectivity index (χ4v) is 3.68. The monoisotopic (exact) mass is 328 g/mol. The van der Waals surface area contributed by atoms with Crippen molar-refractivity contribution in [3.05, 3.63) is 33.2 Å². The second-order valence-corrected chi connectivity index (χ2v) is 6.26. The van der Waals surface area contributed by atoms with Crippen molar-refractivity contribution in [2.24, 2.45) is 0 Å². The Morgan fingerprint density at radius 1 is 1.43 bits per heavy atom. The summed E-state index contributed by atoms with van der Waals surface area (Å²) in [6, 6.07) is 2.31. The van der Waals surface area contributed by atoms with E-state index in [1.165, 1.54) is 11.3 Å². The van der Waals surface area contributed by atoms with Crippen molar-refractivity contribution in [2.45, 2.75) is 32.4 Å². The van der Waals surface area contributed by atoms with E-state index in [9.17, 15) is 4.79 Å². The van der Waals surface area contributed by atoms with Crippen LogP contribution in [0.2, 0.25) is 0 Å². The molecule has 3 rings (SSSR count). The summed E-state index contributed by atoms with van der Waals surface area (Å²) < 4.78 is 1.68. The fourth-order valence-electron chi connectivity index (χ4n) is 2.79. The van der Waals surface area contributed by atoms with Crippen LogP contribution in [0.1, 0.15) is 24.2 Å². The standard InChI is InChI=1S/C14H20N4OS.ClH/c1-10-9-20-14-16-12(7-13(19)18(10)14)8-17-5-3-11(15-2)4-6-17;/h7,9,11,15H,3-6,8H2,1-2H3;1H. The molecule has 1 fully saturated rings. The Labute approximate surface area is 134 Å². The van der Waals surface area contributed by atoms with Crippen LogP contribution < -0.4 is 10.9 Å². The molecule has 0 aliphatic carbocycles. The first-order valence-electron chi connectivity index (χ1n) is 7.04. The van der Waals surface area contributed by atoms with Gasteiger partial charge in [-0.05, 0) is 26.8 Å². The molecule has 1 saturated heterocycles. The maximum Gasteiger partial charge on any atom is 0.259 e. The van der Waals surface area contributed by atoms with E-state index in [1.807, 2.05) is 19.4 Å². The molecule has 5 nitrogen and oxygen atoms in total. The van der Waals surface area contributed by atoms with Gasteiger partial charge < -0.3 is 5.32 Å². The second-order valence-electron chi connectivity index (χ2n) is 5.42. The summed E-state index contributed by atoms with van der Waals surface area (Å²) in [5, 5.41) is 5.31. The summed E-state index contributed by atoms with van der Waals surface area (Å²) in [4.78, 5) is 19.9. The largest absolute Gasteiger partial charge is 0.317 e. The number of thiazole rings is 1. The number of hydrogen-bond donors (Lipinski definition) is 1. The molecule has 0 saturated carbocycles. The molecule has 3 heterocycles. The van der Waals surface area contributed by atoms with Gasteiger partial charge in [-0.3, -0.25) is 14.1 Å². The van der Waals surface area contributed by atoms with Gasteiger partial charge in [0.2, 0.25) is 0 Å². The molecule has 1 aliphatic heterocycles. The van der Waals surface area contributed by atoms with Crippen LogP contribution in [0.5, 0.6) is 0 Å².